The fraction of sp³-hybridized carbons (Fsp3) is 0.600. The van der Waals surface area contributed by atoms with E-state index in [0.29, 0.717) is 13.0 Å². The molecule has 1 rings (SSSR count). The molecule has 0 bridgehead atoms. The van der Waals surface area contributed by atoms with Gasteiger partial charge in [0, 0.05) is 6.42 Å². The number of Topliss-reactive ketones (excluding diaryl/α,β-unsaturated/α-hetero) is 1. The highest BCUT2D eigenvalue weighted by Gasteiger charge is 2.20. The molecule has 0 aliphatic carbocycles. The fourth-order valence-corrected chi connectivity index (χ4v) is 1.46. The topological polar surface area (TPSA) is 62.7 Å². The summed E-state index contributed by atoms with van der Waals surface area (Å²) in [5, 5.41) is 0. The standard InChI is InChI=1S/C10H14N2O2/c1-2-8-3-4-10(14-7-8)5-9(13)6-12-11/h2,6,10H,3-5,7H2,1H3/b8-2+. The van der Waals surface area contributed by atoms with E-state index in [1.54, 1.807) is 0 Å². The van der Waals surface area contributed by atoms with Crippen molar-refractivity contribution in [3.05, 3.63) is 17.2 Å². The van der Waals surface area contributed by atoms with Crippen LogP contribution in [0.4, 0.5) is 0 Å². The van der Waals surface area contributed by atoms with Crippen LogP contribution in [0.5, 0.6) is 0 Å². The zero-order chi connectivity index (χ0) is 10.4. The predicted molar refractivity (Wildman–Crippen MR) is 52.0 cm³/mol. The van der Waals surface area contributed by atoms with Gasteiger partial charge in [-0.1, -0.05) is 6.08 Å². The van der Waals surface area contributed by atoms with Gasteiger partial charge in [0.25, 0.3) is 0 Å². The van der Waals surface area contributed by atoms with Crippen LogP contribution >= 0.6 is 0 Å². The van der Waals surface area contributed by atoms with Crippen LogP contribution in [0.2, 0.25) is 0 Å². The molecule has 0 aromatic carbocycles. The van der Waals surface area contributed by atoms with Crippen molar-refractivity contribution in [1.29, 1.82) is 0 Å². The first kappa shape index (κ1) is 10.8. The number of carbonyl (C=O) groups excluding carboxylic acids is 1. The smallest absolute Gasteiger partial charge is 0.323 e. The first-order valence-corrected chi connectivity index (χ1v) is 4.72. The second kappa shape index (κ2) is 5.47. The molecule has 0 saturated carbocycles. The van der Waals surface area contributed by atoms with Crippen LogP contribution in [0, 0.1) is 0 Å². The summed E-state index contributed by atoms with van der Waals surface area (Å²) in [5.41, 5.74) is 9.43. The van der Waals surface area contributed by atoms with Gasteiger partial charge in [0.05, 0.1) is 12.7 Å². The molecule has 14 heavy (non-hydrogen) atoms. The van der Waals surface area contributed by atoms with E-state index >= 15 is 0 Å². The quantitative estimate of drug-likeness (QED) is 0.295. The van der Waals surface area contributed by atoms with Crippen LogP contribution in [0.3, 0.4) is 0 Å². The van der Waals surface area contributed by atoms with E-state index in [9.17, 15) is 4.79 Å². The summed E-state index contributed by atoms with van der Waals surface area (Å²) in [6.07, 6.45) is 5.11. The number of hydrogen-bond donors (Lipinski definition) is 0. The minimum atomic E-state index is -0.193. The van der Waals surface area contributed by atoms with Crippen molar-refractivity contribution in [1.82, 2.24) is 0 Å². The Hall–Kier alpha value is -1.25. The minimum Gasteiger partial charge on any atom is -0.373 e. The third-order valence-corrected chi connectivity index (χ3v) is 2.33. The van der Waals surface area contributed by atoms with E-state index in [0.717, 1.165) is 19.1 Å². The predicted octanol–water partition coefficient (Wildman–Crippen LogP) is 1.37. The molecule has 1 fully saturated rings. The first-order valence-electron chi connectivity index (χ1n) is 4.72. The number of ketones is 1. The average molecular weight is 194 g/mol. The molecule has 4 nitrogen and oxygen atoms in total. The van der Waals surface area contributed by atoms with Crippen LogP contribution < -0.4 is 0 Å². The highest BCUT2D eigenvalue weighted by Crippen LogP contribution is 2.19. The summed E-state index contributed by atoms with van der Waals surface area (Å²) in [7, 11) is 0. The Labute approximate surface area is 83.2 Å². The molecule has 4 heteroatoms. The molecule has 1 heterocycles. The maximum atomic E-state index is 11.1. The molecule has 1 unspecified atom stereocenters. The number of allylic oxidation sites excluding steroid dienone is 1. The Morgan fingerprint density at radius 2 is 2.57 bits per heavy atom. The van der Waals surface area contributed by atoms with Crippen molar-refractivity contribution in [2.45, 2.75) is 32.3 Å². The Morgan fingerprint density at radius 1 is 1.79 bits per heavy atom. The maximum Gasteiger partial charge on any atom is 0.323 e. The molecule has 76 valence electrons. The van der Waals surface area contributed by atoms with Crippen LogP contribution in [0.15, 0.2) is 11.6 Å². The molecule has 1 saturated heterocycles. The summed E-state index contributed by atoms with van der Waals surface area (Å²) >= 11 is 0. The number of carbonyl (C=O) groups is 1. The van der Waals surface area contributed by atoms with Crippen LogP contribution in [-0.4, -0.2) is 29.5 Å². The van der Waals surface area contributed by atoms with Crippen molar-refractivity contribution in [3.8, 4) is 0 Å². The molecule has 0 radical (unpaired) electrons. The van der Waals surface area contributed by atoms with E-state index < -0.39 is 0 Å². The number of hydrogen-bond acceptors (Lipinski definition) is 2. The molecule has 0 spiro atoms. The van der Waals surface area contributed by atoms with E-state index in [2.05, 4.69) is 4.79 Å². The highest BCUT2D eigenvalue weighted by molar-refractivity contribution is 6.25. The maximum absolute atomic E-state index is 11.1. The second-order valence-electron chi connectivity index (χ2n) is 3.33. The van der Waals surface area contributed by atoms with Gasteiger partial charge in [0.15, 0.2) is 0 Å². The van der Waals surface area contributed by atoms with Gasteiger partial charge in [-0.2, -0.15) is 4.79 Å². The van der Waals surface area contributed by atoms with Crippen molar-refractivity contribution in [2.24, 2.45) is 0 Å². The van der Waals surface area contributed by atoms with Gasteiger partial charge in [0.2, 0.25) is 5.78 Å². The second-order valence-corrected chi connectivity index (χ2v) is 3.33. The molecular formula is C10H14N2O2. The van der Waals surface area contributed by atoms with Gasteiger partial charge >= 0.3 is 6.21 Å². The van der Waals surface area contributed by atoms with Gasteiger partial charge < -0.3 is 10.3 Å². The van der Waals surface area contributed by atoms with Gasteiger partial charge in [-0.05, 0) is 25.3 Å². The number of ether oxygens (including phenoxy) is 1. The molecule has 1 aliphatic rings. The largest absolute Gasteiger partial charge is 0.373 e. The van der Waals surface area contributed by atoms with Gasteiger partial charge in [0.1, 0.15) is 0 Å². The summed E-state index contributed by atoms with van der Waals surface area (Å²) in [6.45, 7) is 2.60. The normalized spacial score (nSPS) is 24.4. The lowest BCUT2D eigenvalue weighted by atomic mass is 10.0. The summed E-state index contributed by atoms with van der Waals surface area (Å²) in [6, 6.07) is 0. The third-order valence-electron chi connectivity index (χ3n) is 2.33. The monoisotopic (exact) mass is 194 g/mol. The van der Waals surface area contributed by atoms with Gasteiger partial charge in [-0.3, -0.25) is 4.79 Å². The summed E-state index contributed by atoms with van der Waals surface area (Å²) < 4.78 is 5.47. The molecule has 1 atom stereocenters. The Balaban J connectivity index is 2.35. The van der Waals surface area contributed by atoms with Crippen molar-refractivity contribution in [2.75, 3.05) is 6.61 Å². The lowest BCUT2D eigenvalue weighted by Gasteiger charge is -2.23. The third kappa shape index (κ3) is 3.24. The number of nitrogens with zero attached hydrogens (tertiary/aromatic N) is 2. The van der Waals surface area contributed by atoms with Crippen LogP contribution in [-0.2, 0) is 9.53 Å². The van der Waals surface area contributed by atoms with Crippen molar-refractivity contribution >= 4 is 12.0 Å². The lowest BCUT2D eigenvalue weighted by Crippen LogP contribution is -2.24. The van der Waals surface area contributed by atoms with Crippen LogP contribution in [0.1, 0.15) is 26.2 Å². The van der Waals surface area contributed by atoms with Crippen molar-refractivity contribution < 1.29 is 14.3 Å². The molecule has 0 aromatic rings. The van der Waals surface area contributed by atoms with E-state index in [4.69, 9.17) is 10.3 Å². The molecular weight excluding hydrogens is 180 g/mol. The Morgan fingerprint density at radius 3 is 3.07 bits per heavy atom. The first-order chi connectivity index (χ1) is 6.76. The van der Waals surface area contributed by atoms with E-state index in [1.165, 1.54) is 5.57 Å². The highest BCUT2D eigenvalue weighted by atomic mass is 16.5. The molecule has 0 N–H and O–H groups in total. The zero-order valence-electron chi connectivity index (χ0n) is 8.27. The zero-order valence-corrected chi connectivity index (χ0v) is 8.27. The fourth-order valence-electron chi connectivity index (χ4n) is 1.46. The summed E-state index contributed by atoms with van der Waals surface area (Å²) in [4.78, 5) is 13.7. The van der Waals surface area contributed by atoms with Crippen molar-refractivity contribution in [3.63, 3.8) is 0 Å². The Bertz CT molecular complexity index is 280. The lowest BCUT2D eigenvalue weighted by molar-refractivity contribution is -0.119. The minimum absolute atomic E-state index is 0.0239. The van der Waals surface area contributed by atoms with Crippen LogP contribution in [0.25, 0.3) is 5.53 Å². The Kier molecular flexibility index (Phi) is 4.23. The van der Waals surface area contributed by atoms with E-state index in [1.807, 2.05) is 13.0 Å². The van der Waals surface area contributed by atoms with Gasteiger partial charge in [-0.25, -0.2) is 0 Å². The number of rotatable bonds is 3. The van der Waals surface area contributed by atoms with E-state index in [-0.39, 0.29) is 11.9 Å². The molecule has 0 amide bonds. The molecule has 1 aliphatic heterocycles. The molecule has 0 aromatic heterocycles. The SMILES string of the molecule is C/C=C1\CCC(CC(=O)C=[N+]=[N-])OC1. The summed E-state index contributed by atoms with van der Waals surface area (Å²) in [5.74, 6) is -0.193. The van der Waals surface area contributed by atoms with Gasteiger partial charge in [-0.15, -0.1) is 0 Å². The average Bonchev–Trinajstić information content (AvgIpc) is 2.19.